The number of aryl methyl sites for hydroxylation is 3. The SMILES string of the molecule is Cc1cc(C)c2c(c1)-c1cc(C)nn1C(c1cccs1)N2. The molecule has 0 radical (unpaired) electrons. The number of fused-ring (bicyclic) bond motifs is 3. The highest BCUT2D eigenvalue weighted by Gasteiger charge is 2.28. The summed E-state index contributed by atoms with van der Waals surface area (Å²) >= 11 is 1.76. The minimum atomic E-state index is 0.0857. The zero-order chi connectivity index (χ0) is 14.6. The van der Waals surface area contributed by atoms with Crippen molar-refractivity contribution < 1.29 is 0 Å². The fraction of sp³-hybridized carbons (Fsp3) is 0.235. The van der Waals surface area contributed by atoms with Crippen molar-refractivity contribution in [2.45, 2.75) is 26.9 Å². The number of nitrogens with one attached hydrogen (secondary N) is 1. The van der Waals surface area contributed by atoms with Gasteiger partial charge in [-0.3, -0.25) is 0 Å². The van der Waals surface area contributed by atoms with E-state index in [2.05, 4.69) is 66.5 Å². The molecule has 106 valence electrons. The van der Waals surface area contributed by atoms with Crippen LogP contribution in [0, 0.1) is 20.8 Å². The molecule has 1 aliphatic rings. The number of hydrogen-bond acceptors (Lipinski definition) is 3. The zero-order valence-corrected chi connectivity index (χ0v) is 13.2. The van der Waals surface area contributed by atoms with E-state index in [0.29, 0.717) is 0 Å². The molecule has 0 aliphatic carbocycles. The molecule has 1 N–H and O–H groups in total. The van der Waals surface area contributed by atoms with Gasteiger partial charge in [-0.2, -0.15) is 5.10 Å². The van der Waals surface area contributed by atoms with Gasteiger partial charge in [0.05, 0.1) is 11.4 Å². The highest BCUT2D eigenvalue weighted by molar-refractivity contribution is 7.10. The molecule has 0 saturated heterocycles. The summed E-state index contributed by atoms with van der Waals surface area (Å²) < 4.78 is 2.11. The number of anilines is 1. The lowest BCUT2D eigenvalue weighted by Crippen LogP contribution is -2.25. The van der Waals surface area contributed by atoms with E-state index in [1.54, 1.807) is 11.3 Å². The van der Waals surface area contributed by atoms with Gasteiger partial charge in [0.15, 0.2) is 6.17 Å². The number of hydrogen-bond donors (Lipinski definition) is 1. The zero-order valence-electron chi connectivity index (χ0n) is 12.3. The van der Waals surface area contributed by atoms with E-state index in [0.717, 1.165) is 5.69 Å². The molecule has 0 spiro atoms. The molecular weight excluding hydrogens is 278 g/mol. The molecule has 21 heavy (non-hydrogen) atoms. The molecule has 0 bridgehead atoms. The van der Waals surface area contributed by atoms with Gasteiger partial charge in [-0.25, -0.2) is 4.68 Å². The summed E-state index contributed by atoms with van der Waals surface area (Å²) in [5.74, 6) is 0. The van der Waals surface area contributed by atoms with Gasteiger partial charge >= 0.3 is 0 Å². The summed E-state index contributed by atoms with van der Waals surface area (Å²) in [6.07, 6.45) is 0.0857. The van der Waals surface area contributed by atoms with Gasteiger partial charge in [-0.05, 0) is 49.9 Å². The number of thiophene rings is 1. The lowest BCUT2D eigenvalue weighted by atomic mass is 9.99. The van der Waals surface area contributed by atoms with Crippen LogP contribution >= 0.6 is 11.3 Å². The fourth-order valence-corrected chi connectivity index (χ4v) is 3.87. The predicted molar refractivity (Wildman–Crippen MR) is 88.0 cm³/mol. The van der Waals surface area contributed by atoms with Gasteiger partial charge in [-0.15, -0.1) is 11.3 Å². The first-order chi connectivity index (χ1) is 10.1. The van der Waals surface area contributed by atoms with Gasteiger partial charge in [-0.1, -0.05) is 17.7 Å². The summed E-state index contributed by atoms with van der Waals surface area (Å²) in [6, 6.07) is 10.9. The van der Waals surface area contributed by atoms with E-state index < -0.39 is 0 Å². The van der Waals surface area contributed by atoms with Crippen molar-refractivity contribution in [3.8, 4) is 11.3 Å². The Morgan fingerprint density at radius 1 is 1.19 bits per heavy atom. The molecule has 0 amide bonds. The molecule has 2 aromatic heterocycles. The Morgan fingerprint density at radius 2 is 2.05 bits per heavy atom. The van der Waals surface area contributed by atoms with Crippen molar-refractivity contribution in [1.82, 2.24) is 9.78 Å². The van der Waals surface area contributed by atoms with Crippen LogP contribution in [0.5, 0.6) is 0 Å². The van der Waals surface area contributed by atoms with E-state index in [9.17, 15) is 0 Å². The van der Waals surface area contributed by atoms with Crippen molar-refractivity contribution in [2.75, 3.05) is 5.32 Å². The molecule has 1 aliphatic heterocycles. The van der Waals surface area contributed by atoms with E-state index in [4.69, 9.17) is 5.10 Å². The molecule has 1 unspecified atom stereocenters. The van der Waals surface area contributed by atoms with E-state index in [-0.39, 0.29) is 6.17 Å². The van der Waals surface area contributed by atoms with Gasteiger partial charge < -0.3 is 5.32 Å². The maximum Gasteiger partial charge on any atom is 0.156 e. The standard InChI is InChI=1S/C17H17N3S/c1-10-7-11(2)16-13(8-10)14-9-12(3)19-20(14)17(18-16)15-5-4-6-21-15/h4-9,17-18H,1-3H3. The third-order valence-electron chi connectivity index (χ3n) is 3.95. The van der Waals surface area contributed by atoms with Crippen LogP contribution in [0.4, 0.5) is 5.69 Å². The molecule has 3 heterocycles. The quantitative estimate of drug-likeness (QED) is 0.716. The first kappa shape index (κ1) is 12.7. The van der Waals surface area contributed by atoms with Crippen molar-refractivity contribution in [3.63, 3.8) is 0 Å². The van der Waals surface area contributed by atoms with E-state index >= 15 is 0 Å². The minimum absolute atomic E-state index is 0.0857. The number of nitrogens with zero attached hydrogens (tertiary/aromatic N) is 2. The van der Waals surface area contributed by atoms with Gasteiger partial charge in [0, 0.05) is 16.1 Å². The van der Waals surface area contributed by atoms with Crippen LogP contribution in [-0.2, 0) is 0 Å². The first-order valence-corrected chi connectivity index (χ1v) is 7.99. The molecule has 0 saturated carbocycles. The second-order valence-electron chi connectivity index (χ2n) is 5.68. The Hall–Kier alpha value is -2.07. The third kappa shape index (κ3) is 1.90. The second-order valence-corrected chi connectivity index (χ2v) is 6.66. The van der Waals surface area contributed by atoms with Crippen LogP contribution in [-0.4, -0.2) is 9.78 Å². The van der Waals surface area contributed by atoms with Crippen LogP contribution < -0.4 is 5.32 Å². The van der Waals surface area contributed by atoms with Crippen molar-refractivity contribution in [3.05, 3.63) is 57.4 Å². The first-order valence-electron chi connectivity index (χ1n) is 7.11. The Morgan fingerprint density at radius 3 is 2.81 bits per heavy atom. The smallest absolute Gasteiger partial charge is 0.156 e. The molecule has 0 fully saturated rings. The Balaban J connectivity index is 1.98. The summed E-state index contributed by atoms with van der Waals surface area (Å²) in [5, 5.41) is 10.5. The average Bonchev–Trinajstić information content (AvgIpc) is 3.06. The molecule has 3 nitrogen and oxygen atoms in total. The molecule has 4 rings (SSSR count). The predicted octanol–water partition coefficient (Wildman–Crippen LogP) is 4.51. The van der Waals surface area contributed by atoms with Crippen LogP contribution in [0.1, 0.15) is 27.9 Å². The van der Waals surface area contributed by atoms with Crippen molar-refractivity contribution in [1.29, 1.82) is 0 Å². The topological polar surface area (TPSA) is 29.9 Å². The molecule has 1 atom stereocenters. The minimum Gasteiger partial charge on any atom is -0.359 e. The van der Waals surface area contributed by atoms with Crippen LogP contribution in [0.2, 0.25) is 0 Å². The number of rotatable bonds is 1. The average molecular weight is 295 g/mol. The maximum absolute atomic E-state index is 4.71. The monoisotopic (exact) mass is 295 g/mol. The largest absolute Gasteiger partial charge is 0.359 e. The summed E-state index contributed by atoms with van der Waals surface area (Å²) in [4.78, 5) is 1.28. The van der Waals surface area contributed by atoms with Crippen molar-refractivity contribution >= 4 is 17.0 Å². The second kappa shape index (κ2) is 4.46. The van der Waals surface area contributed by atoms with Gasteiger partial charge in [0.1, 0.15) is 0 Å². The van der Waals surface area contributed by atoms with Crippen LogP contribution in [0.25, 0.3) is 11.3 Å². The number of aromatic nitrogens is 2. The van der Waals surface area contributed by atoms with E-state index in [1.807, 2.05) is 0 Å². The fourth-order valence-electron chi connectivity index (χ4n) is 3.11. The van der Waals surface area contributed by atoms with Crippen molar-refractivity contribution in [2.24, 2.45) is 0 Å². The van der Waals surface area contributed by atoms with Crippen LogP contribution in [0.3, 0.4) is 0 Å². The molecule has 3 aromatic rings. The lowest BCUT2D eigenvalue weighted by molar-refractivity contribution is 0.578. The maximum atomic E-state index is 4.71. The Bertz CT molecular complexity index is 815. The third-order valence-corrected chi connectivity index (χ3v) is 4.88. The van der Waals surface area contributed by atoms with Gasteiger partial charge in [0.2, 0.25) is 0 Å². The highest BCUT2D eigenvalue weighted by atomic mass is 32.1. The Kier molecular flexibility index (Phi) is 2.69. The summed E-state index contributed by atoms with van der Waals surface area (Å²) in [6.45, 7) is 6.37. The molecule has 4 heteroatoms. The normalized spacial score (nSPS) is 16.2. The summed E-state index contributed by atoms with van der Waals surface area (Å²) in [7, 11) is 0. The van der Waals surface area contributed by atoms with Gasteiger partial charge in [0.25, 0.3) is 0 Å². The highest BCUT2D eigenvalue weighted by Crippen LogP contribution is 2.41. The molecule has 1 aromatic carbocycles. The number of benzene rings is 1. The molecular formula is C17H17N3S. The van der Waals surface area contributed by atoms with E-state index in [1.165, 1.54) is 32.9 Å². The lowest BCUT2D eigenvalue weighted by Gasteiger charge is -2.29. The summed E-state index contributed by atoms with van der Waals surface area (Å²) in [5.41, 5.74) is 7.31. The Labute approximate surface area is 128 Å². The van der Waals surface area contributed by atoms with Crippen LogP contribution in [0.15, 0.2) is 35.7 Å².